The fourth-order valence-electron chi connectivity index (χ4n) is 5.24. The molecule has 2 fully saturated rings. The van der Waals surface area contributed by atoms with Gasteiger partial charge < -0.3 is 15.0 Å². The number of esters is 1. The number of unbranched alkanes of at least 4 members (excludes halogenated alkanes) is 2. The minimum absolute atomic E-state index is 0.0911. The predicted molar refractivity (Wildman–Crippen MR) is 133 cm³/mol. The molecule has 1 spiro atoms. The second-order valence-corrected chi connectivity index (χ2v) is 9.61. The molecule has 0 aliphatic carbocycles. The molecular weight excluding hydrogens is 410 g/mol. The second-order valence-electron chi connectivity index (χ2n) is 9.61. The Morgan fingerprint density at radius 3 is 2.30 bits per heavy atom. The van der Waals surface area contributed by atoms with Crippen molar-refractivity contribution < 1.29 is 9.53 Å². The average Bonchev–Trinajstić information content (AvgIpc) is 2.86. The first-order valence-corrected chi connectivity index (χ1v) is 12.7. The van der Waals surface area contributed by atoms with E-state index in [0.29, 0.717) is 13.2 Å². The first-order valence-electron chi connectivity index (χ1n) is 12.7. The van der Waals surface area contributed by atoms with Crippen LogP contribution >= 0.6 is 0 Å². The maximum absolute atomic E-state index is 12.6. The Kier molecular flexibility index (Phi) is 8.93. The summed E-state index contributed by atoms with van der Waals surface area (Å²) in [7, 11) is 0. The van der Waals surface area contributed by atoms with Gasteiger partial charge in [-0.3, -0.25) is 9.69 Å². The highest BCUT2D eigenvalue weighted by atomic mass is 16.5. The lowest BCUT2D eigenvalue weighted by atomic mass is 9.84. The standard InChI is InChI=1S/C28H39N3O2/c32-27(33-23-26-13-6-2-7-14-26)22-31-21-17-29-24-28(31)15-19-30(20-16-28)18-9-3-8-12-25-10-4-1-5-11-25/h1-2,4-7,10-11,13-14,29H,3,8-9,12,15-24H2. The molecule has 2 aliphatic heterocycles. The normalized spacial score (nSPS) is 18.9. The predicted octanol–water partition coefficient (Wildman–Crippen LogP) is 3.88. The first-order chi connectivity index (χ1) is 16.2. The minimum atomic E-state index is -0.110. The molecular formula is C28H39N3O2. The number of carbonyl (C=O) groups excluding carboxylic acids is 1. The van der Waals surface area contributed by atoms with E-state index >= 15 is 0 Å². The zero-order valence-corrected chi connectivity index (χ0v) is 19.9. The number of piperazine rings is 1. The molecule has 0 bridgehead atoms. The summed E-state index contributed by atoms with van der Waals surface area (Å²) >= 11 is 0. The van der Waals surface area contributed by atoms with E-state index in [1.807, 2.05) is 30.3 Å². The molecule has 0 aromatic heterocycles. The number of nitrogens with one attached hydrogen (secondary N) is 1. The molecule has 0 radical (unpaired) electrons. The zero-order chi connectivity index (χ0) is 22.8. The number of benzene rings is 2. The number of hydrogen-bond donors (Lipinski definition) is 1. The van der Waals surface area contributed by atoms with E-state index in [0.717, 1.165) is 51.1 Å². The number of likely N-dealkylation sites (tertiary alicyclic amines) is 1. The van der Waals surface area contributed by atoms with Crippen LogP contribution in [-0.4, -0.2) is 67.1 Å². The number of nitrogens with zero attached hydrogens (tertiary/aromatic N) is 2. The molecule has 0 amide bonds. The first kappa shape index (κ1) is 23.9. The van der Waals surface area contributed by atoms with Gasteiger partial charge in [-0.25, -0.2) is 0 Å². The van der Waals surface area contributed by atoms with Gasteiger partial charge in [0.1, 0.15) is 6.61 Å². The van der Waals surface area contributed by atoms with Gasteiger partial charge in [0.15, 0.2) is 0 Å². The molecule has 178 valence electrons. The monoisotopic (exact) mass is 449 g/mol. The third-order valence-electron chi connectivity index (χ3n) is 7.32. The molecule has 2 heterocycles. The number of rotatable bonds is 10. The van der Waals surface area contributed by atoms with Crippen molar-refractivity contribution in [1.82, 2.24) is 15.1 Å². The summed E-state index contributed by atoms with van der Waals surface area (Å²) in [5.41, 5.74) is 2.58. The lowest BCUT2D eigenvalue weighted by molar-refractivity contribution is -0.149. The van der Waals surface area contributed by atoms with Crippen molar-refractivity contribution >= 4 is 5.97 Å². The Morgan fingerprint density at radius 1 is 0.879 bits per heavy atom. The number of aryl methyl sites for hydroxylation is 1. The van der Waals surface area contributed by atoms with Crippen LogP contribution in [0, 0.1) is 0 Å². The van der Waals surface area contributed by atoms with Gasteiger partial charge in [0, 0.05) is 25.2 Å². The highest BCUT2D eigenvalue weighted by Gasteiger charge is 2.42. The van der Waals surface area contributed by atoms with Gasteiger partial charge in [-0.1, -0.05) is 67.1 Å². The topological polar surface area (TPSA) is 44.8 Å². The zero-order valence-electron chi connectivity index (χ0n) is 19.9. The molecule has 2 aliphatic rings. The smallest absolute Gasteiger partial charge is 0.320 e. The molecule has 2 aromatic carbocycles. The van der Waals surface area contributed by atoms with Crippen LogP contribution < -0.4 is 5.32 Å². The van der Waals surface area contributed by atoms with Crippen molar-refractivity contribution in [3.05, 3.63) is 71.8 Å². The molecule has 0 atom stereocenters. The highest BCUT2D eigenvalue weighted by molar-refractivity contribution is 5.71. The van der Waals surface area contributed by atoms with Crippen LogP contribution in [0.25, 0.3) is 0 Å². The average molecular weight is 450 g/mol. The maximum Gasteiger partial charge on any atom is 0.320 e. The number of hydrogen-bond acceptors (Lipinski definition) is 5. The van der Waals surface area contributed by atoms with Gasteiger partial charge in [0.05, 0.1) is 6.54 Å². The van der Waals surface area contributed by atoms with Crippen LogP contribution in [0.4, 0.5) is 0 Å². The largest absolute Gasteiger partial charge is 0.460 e. The molecule has 5 heteroatoms. The van der Waals surface area contributed by atoms with Gasteiger partial charge in [0.25, 0.3) is 0 Å². The van der Waals surface area contributed by atoms with Crippen molar-refractivity contribution in [2.75, 3.05) is 45.8 Å². The summed E-state index contributed by atoms with van der Waals surface area (Å²) in [4.78, 5) is 17.6. The molecule has 0 saturated carbocycles. The number of piperidine rings is 1. The summed E-state index contributed by atoms with van der Waals surface area (Å²) in [6, 6.07) is 20.7. The summed E-state index contributed by atoms with van der Waals surface area (Å²) < 4.78 is 5.58. The Labute approximate surface area is 199 Å². The summed E-state index contributed by atoms with van der Waals surface area (Å²) in [5.74, 6) is -0.110. The van der Waals surface area contributed by atoms with E-state index in [4.69, 9.17) is 4.74 Å². The van der Waals surface area contributed by atoms with E-state index in [1.54, 1.807) is 0 Å². The van der Waals surface area contributed by atoms with Gasteiger partial charge >= 0.3 is 5.97 Å². The van der Waals surface area contributed by atoms with E-state index < -0.39 is 0 Å². The van der Waals surface area contributed by atoms with Crippen LogP contribution in [0.5, 0.6) is 0 Å². The minimum Gasteiger partial charge on any atom is -0.460 e. The lowest BCUT2D eigenvalue weighted by Gasteiger charge is -2.51. The Hall–Kier alpha value is -2.21. The van der Waals surface area contributed by atoms with Gasteiger partial charge in [0.2, 0.25) is 0 Å². The Balaban J connectivity index is 1.17. The SMILES string of the molecule is O=C(CN1CCNCC12CCN(CCCCCc1ccccc1)CC2)OCc1ccccc1. The van der Waals surface area contributed by atoms with E-state index in [2.05, 4.69) is 45.4 Å². The van der Waals surface area contributed by atoms with Crippen LogP contribution in [-0.2, 0) is 22.6 Å². The molecule has 2 aromatic rings. The van der Waals surface area contributed by atoms with Crippen molar-refractivity contribution in [2.45, 2.75) is 50.7 Å². The Morgan fingerprint density at radius 2 is 1.58 bits per heavy atom. The van der Waals surface area contributed by atoms with E-state index in [-0.39, 0.29) is 11.5 Å². The maximum atomic E-state index is 12.6. The fraction of sp³-hybridized carbons (Fsp3) is 0.536. The molecule has 33 heavy (non-hydrogen) atoms. The van der Waals surface area contributed by atoms with Gasteiger partial charge in [-0.05, 0) is 62.9 Å². The van der Waals surface area contributed by atoms with Crippen molar-refractivity contribution in [3.63, 3.8) is 0 Å². The van der Waals surface area contributed by atoms with Crippen LogP contribution in [0.1, 0.15) is 43.2 Å². The summed E-state index contributed by atoms with van der Waals surface area (Å²) in [5, 5.41) is 3.58. The third kappa shape index (κ3) is 7.13. The number of carbonyl (C=O) groups is 1. The molecule has 0 unspecified atom stereocenters. The quantitative estimate of drug-likeness (QED) is 0.441. The van der Waals surface area contributed by atoms with E-state index in [9.17, 15) is 4.79 Å². The van der Waals surface area contributed by atoms with Gasteiger partial charge in [-0.2, -0.15) is 0 Å². The lowest BCUT2D eigenvalue weighted by Crippen LogP contribution is -2.65. The number of ether oxygens (including phenoxy) is 1. The van der Waals surface area contributed by atoms with E-state index in [1.165, 1.54) is 37.8 Å². The van der Waals surface area contributed by atoms with Crippen molar-refractivity contribution in [2.24, 2.45) is 0 Å². The fourth-order valence-corrected chi connectivity index (χ4v) is 5.24. The summed E-state index contributed by atoms with van der Waals surface area (Å²) in [6.45, 7) is 7.02. The van der Waals surface area contributed by atoms with Crippen LogP contribution in [0.15, 0.2) is 60.7 Å². The molecule has 5 nitrogen and oxygen atoms in total. The van der Waals surface area contributed by atoms with Crippen molar-refractivity contribution in [3.8, 4) is 0 Å². The van der Waals surface area contributed by atoms with Crippen molar-refractivity contribution in [1.29, 1.82) is 0 Å². The highest BCUT2D eigenvalue weighted by Crippen LogP contribution is 2.30. The van der Waals surface area contributed by atoms with Crippen LogP contribution in [0.3, 0.4) is 0 Å². The Bertz CT molecular complexity index is 835. The summed E-state index contributed by atoms with van der Waals surface area (Å²) in [6.07, 6.45) is 7.26. The second kappa shape index (κ2) is 12.3. The third-order valence-corrected chi connectivity index (χ3v) is 7.32. The van der Waals surface area contributed by atoms with Crippen LogP contribution in [0.2, 0.25) is 0 Å². The molecule has 1 N–H and O–H groups in total. The van der Waals surface area contributed by atoms with Gasteiger partial charge in [-0.15, -0.1) is 0 Å². The molecule has 2 saturated heterocycles. The molecule has 4 rings (SSSR count).